The Labute approximate surface area is 118 Å². The first kappa shape index (κ1) is 16.0. The lowest BCUT2D eigenvalue weighted by molar-refractivity contribution is 0.467. The number of aryl methyl sites for hydroxylation is 1. The van der Waals surface area contributed by atoms with Gasteiger partial charge in [0.15, 0.2) is 0 Å². The third kappa shape index (κ3) is 4.20. The van der Waals surface area contributed by atoms with E-state index in [9.17, 15) is 0 Å². The molecule has 1 N–H and O–H groups in total. The van der Waals surface area contributed by atoms with Gasteiger partial charge in [0.05, 0.1) is 0 Å². The quantitative estimate of drug-likeness (QED) is 0.763. The number of rotatable bonds is 7. The van der Waals surface area contributed by atoms with Gasteiger partial charge < -0.3 is 10.2 Å². The number of aromatic nitrogens is 1. The maximum absolute atomic E-state index is 4.75. The molecule has 0 amide bonds. The molecule has 19 heavy (non-hydrogen) atoms. The Bertz CT molecular complexity index is 399. The zero-order chi connectivity index (χ0) is 14.5. The van der Waals surface area contributed by atoms with Crippen molar-refractivity contribution in [1.82, 2.24) is 10.3 Å². The lowest BCUT2D eigenvalue weighted by atomic mass is 10.00. The van der Waals surface area contributed by atoms with E-state index in [2.05, 4.69) is 64.0 Å². The molecule has 0 aliphatic heterocycles. The Morgan fingerprint density at radius 1 is 1.26 bits per heavy atom. The van der Waals surface area contributed by atoms with Crippen LogP contribution in [-0.2, 0) is 6.54 Å². The molecule has 1 rings (SSSR count). The lowest BCUT2D eigenvalue weighted by Crippen LogP contribution is -2.41. The molecule has 3 nitrogen and oxygen atoms in total. The first-order valence-corrected chi connectivity index (χ1v) is 7.33. The summed E-state index contributed by atoms with van der Waals surface area (Å²) in [5.41, 5.74) is 2.56. The summed E-state index contributed by atoms with van der Waals surface area (Å²) in [5, 5.41) is 3.43. The summed E-state index contributed by atoms with van der Waals surface area (Å²) >= 11 is 0. The van der Waals surface area contributed by atoms with Gasteiger partial charge in [-0.25, -0.2) is 4.98 Å². The van der Waals surface area contributed by atoms with Gasteiger partial charge in [-0.2, -0.15) is 0 Å². The number of anilines is 1. The molecule has 0 saturated heterocycles. The molecule has 0 fully saturated rings. The Kier molecular flexibility index (Phi) is 5.80. The molecule has 108 valence electrons. The number of nitrogens with zero attached hydrogens (tertiary/aromatic N) is 2. The van der Waals surface area contributed by atoms with Crippen molar-refractivity contribution >= 4 is 5.82 Å². The average Bonchev–Trinajstić information content (AvgIpc) is 2.40. The summed E-state index contributed by atoms with van der Waals surface area (Å²) in [6.45, 7) is 13.0. The highest BCUT2D eigenvalue weighted by atomic mass is 15.2. The summed E-state index contributed by atoms with van der Waals surface area (Å²) in [4.78, 5) is 7.02. The Balaban J connectivity index is 2.81. The summed E-state index contributed by atoms with van der Waals surface area (Å²) in [5.74, 6) is 1.06. The van der Waals surface area contributed by atoms with Gasteiger partial charge in [-0.05, 0) is 51.8 Å². The molecule has 1 aromatic rings. The van der Waals surface area contributed by atoms with Crippen LogP contribution in [0, 0.1) is 6.92 Å². The van der Waals surface area contributed by atoms with Crippen LogP contribution in [0.25, 0.3) is 0 Å². The molecule has 3 heteroatoms. The third-order valence-electron chi connectivity index (χ3n) is 4.04. The van der Waals surface area contributed by atoms with E-state index in [1.54, 1.807) is 0 Å². The van der Waals surface area contributed by atoms with E-state index in [0.29, 0.717) is 0 Å². The van der Waals surface area contributed by atoms with E-state index in [1.165, 1.54) is 5.56 Å². The minimum absolute atomic E-state index is 0.140. The van der Waals surface area contributed by atoms with E-state index < -0.39 is 0 Å². The van der Waals surface area contributed by atoms with Gasteiger partial charge in [0.2, 0.25) is 0 Å². The summed E-state index contributed by atoms with van der Waals surface area (Å²) in [6.07, 6.45) is 2.27. The van der Waals surface area contributed by atoms with Crippen LogP contribution >= 0.6 is 0 Å². The highest BCUT2D eigenvalue weighted by Crippen LogP contribution is 2.24. The van der Waals surface area contributed by atoms with Crippen molar-refractivity contribution in [2.45, 2.75) is 59.5 Å². The maximum Gasteiger partial charge on any atom is 0.128 e. The largest absolute Gasteiger partial charge is 0.355 e. The Morgan fingerprint density at radius 2 is 1.95 bits per heavy atom. The highest BCUT2D eigenvalue weighted by molar-refractivity contribution is 5.43. The second kappa shape index (κ2) is 6.90. The summed E-state index contributed by atoms with van der Waals surface area (Å²) in [7, 11) is 2.13. The fraction of sp³-hybridized carbons (Fsp3) is 0.688. The standard InChI is InChI=1S/C16H29N3/c1-7-11-17-12-14-9-10-15(18-13(14)3)19(6)16(4,5)8-2/h9-10,17H,7-8,11-12H2,1-6H3. The number of pyridine rings is 1. The first-order valence-electron chi connectivity index (χ1n) is 7.33. The topological polar surface area (TPSA) is 28.2 Å². The minimum Gasteiger partial charge on any atom is -0.355 e. The molecule has 1 heterocycles. The SMILES string of the molecule is CCCNCc1ccc(N(C)C(C)(C)CC)nc1C. The second-order valence-electron chi connectivity index (χ2n) is 5.82. The molecule has 0 atom stereocenters. The summed E-state index contributed by atoms with van der Waals surface area (Å²) < 4.78 is 0. The van der Waals surface area contributed by atoms with Crippen LogP contribution in [0.5, 0.6) is 0 Å². The van der Waals surface area contributed by atoms with Crippen LogP contribution in [0.3, 0.4) is 0 Å². The van der Waals surface area contributed by atoms with Gasteiger partial charge in [-0.15, -0.1) is 0 Å². The van der Waals surface area contributed by atoms with Crippen molar-refractivity contribution in [3.8, 4) is 0 Å². The molecular weight excluding hydrogens is 234 g/mol. The van der Waals surface area contributed by atoms with Crippen LogP contribution < -0.4 is 10.2 Å². The van der Waals surface area contributed by atoms with Crippen LogP contribution in [0.15, 0.2) is 12.1 Å². The normalized spacial score (nSPS) is 11.7. The molecule has 0 spiro atoms. The van der Waals surface area contributed by atoms with Crippen LogP contribution in [0.2, 0.25) is 0 Å². The van der Waals surface area contributed by atoms with Crippen LogP contribution in [-0.4, -0.2) is 24.1 Å². The monoisotopic (exact) mass is 263 g/mol. The fourth-order valence-corrected chi connectivity index (χ4v) is 1.90. The molecule has 0 aliphatic rings. The highest BCUT2D eigenvalue weighted by Gasteiger charge is 2.22. The number of hydrogen-bond acceptors (Lipinski definition) is 3. The Morgan fingerprint density at radius 3 is 2.47 bits per heavy atom. The zero-order valence-electron chi connectivity index (χ0n) is 13.4. The molecule has 0 bridgehead atoms. The molecule has 0 aliphatic carbocycles. The van der Waals surface area contributed by atoms with E-state index in [1.807, 2.05) is 0 Å². The second-order valence-corrected chi connectivity index (χ2v) is 5.82. The van der Waals surface area contributed by atoms with Crippen molar-refractivity contribution in [3.05, 3.63) is 23.4 Å². The lowest BCUT2D eigenvalue weighted by Gasteiger charge is -2.36. The van der Waals surface area contributed by atoms with Crippen molar-refractivity contribution in [3.63, 3.8) is 0 Å². The van der Waals surface area contributed by atoms with Gasteiger partial charge in [0.1, 0.15) is 5.82 Å². The van der Waals surface area contributed by atoms with Gasteiger partial charge in [-0.3, -0.25) is 0 Å². The smallest absolute Gasteiger partial charge is 0.128 e. The maximum atomic E-state index is 4.75. The van der Waals surface area contributed by atoms with Crippen LogP contribution in [0.1, 0.15) is 51.8 Å². The fourth-order valence-electron chi connectivity index (χ4n) is 1.90. The van der Waals surface area contributed by atoms with Crippen molar-refractivity contribution in [1.29, 1.82) is 0 Å². The van der Waals surface area contributed by atoms with Crippen molar-refractivity contribution in [2.75, 3.05) is 18.5 Å². The molecule has 0 saturated carbocycles. The van der Waals surface area contributed by atoms with Gasteiger partial charge in [0.25, 0.3) is 0 Å². The van der Waals surface area contributed by atoms with E-state index in [4.69, 9.17) is 4.98 Å². The van der Waals surface area contributed by atoms with Crippen LogP contribution in [0.4, 0.5) is 5.82 Å². The van der Waals surface area contributed by atoms with E-state index in [-0.39, 0.29) is 5.54 Å². The first-order chi connectivity index (χ1) is 8.92. The zero-order valence-corrected chi connectivity index (χ0v) is 13.4. The number of nitrogens with one attached hydrogen (secondary N) is 1. The van der Waals surface area contributed by atoms with Gasteiger partial charge in [0, 0.05) is 24.8 Å². The minimum atomic E-state index is 0.140. The molecule has 1 aromatic heterocycles. The van der Waals surface area contributed by atoms with E-state index >= 15 is 0 Å². The predicted molar refractivity (Wildman–Crippen MR) is 83.7 cm³/mol. The molecule has 0 radical (unpaired) electrons. The van der Waals surface area contributed by atoms with Crippen molar-refractivity contribution in [2.24, 2.45) is 0 Å². The van der Waals surface area contributed by atoms with Gasteiger partial charge in [-0.1, -0.05) is 19.9 Å². The third-order valence-corrected chi connectivity index (χ3v) is 4.04. The van der Waals surface area contributed by atoms with Crippen molar-refractivity contribution < 1.29 is 0 Å². The Hall–Kier alpha value is -1.09. The van der Waals surface area contributed by atoms with E-state index in [0.717, 1.165) is 37.4 Å². The summed E-state index contributed by atoms with van der Waals surface area (Å²) in [6, 6.07) is 4.33. The molecular formula is C16H29N3. The predicted octanol–water partition coefficient (Wildman–Crippen LogP) is 3.51. The average molecular weight is 263 g/mol. The molecule has 0 aromatic carbocycles. The molecule has 0 unspecified atom stereocenters. The van der Waals surface area contributed by atoms with Gasteiger partial charge >= 0.3 is 0 Å². The number of hydrogen-bond donors (Lipinski definition) is 1.